The van der Waals surface area contributed by atoms with Crippen molar-refractivity contribution in [2.24, 2.45) is 5.10 Å². The Morgan fingerprint density at radius 3 is 2.38 bits per heavy atom. The molecule has 0 bridgehead atoms. The standard InChI is InChI=1S/C17H19N3S/c1-14(16-10-6-3-7-11-16)12-19-20-17(21)18-13-15-8-4-2-5-9-15/h2-12,14H,13H2,1H3,(H2,18,20,21)/b19-12-/t14-/m1/s1. The third-order valence-electron chi connectivity index (χ3n) is 3.09. The highest BCUT2D eigenvalue weighted by molar-refractivity contribution is 7.80. The molecule has 0 unspecified atom stereocenters. The molecule has 21 heavy (non-hydrogen) atoms. The molecule has 2 aromatic rings. The van der Waals surface area contributed by atoms with Crippen molar-refractivity contribution in [3.8, 4) is 0 Å². The normalized spacial score (nSPS) is 12.0. The summed E-state index contributed by atoms with van der Waals surface area (Å²) in [6.07, 6.45) is 1.85. The molecule has 0 aromatic heterocycles. The number of hydrazone groups is 1. The SMILES string of the molecule is C[C@H](/C=N\NC(=S)NCc1ccccc1)c1ccccc1. The van der Waals surface area contributed by atoms with Crippen LogP contribution in [0.4, 0.5) is 0 Å². The van der Waals surface area contributed by atoms with Crippen LogP contribution in [0.15, 0.2) is 65.8 Å². The zero-order valence-electron chi connectivity index (χ0n) is 12.0. The lowest BCUT2D eigenvalue weighted by atomic mass is 10.0. The molecule has 0 radical (unpaired) electrons. The number of hydrogen-bond acceptors (Lipinski definition) is 2. The van der Waals surface area contributed by atoms with Crippen molar-refractivity contribution in [1.29, 1.82) is 0 Å². The molecule has 1 atom stereocenters. The van der Waals surface area contributed by atoms with Crippen molar-refractivity contribution in [2.75, 3.05) is 0 Å². The maximum absolute atomic E-state index is 5.19. The Kier molecular flexibility index (Phi) is 5.91. The van der Waals surface area contributed by atoms with E-state index in [2.05, 4.69) is 47.0 Å². The van der Waals surface area contributed by atoms with Crippen LogP contribution in [0.5, 0.6) is 0 Å². The third kappa shape index (κ3) is 5.36. The Hall–Kier alpha value is -2.20. The van der Waals surface area contributed by atoms with Gasteiger partial charge in [0.1, 0.15) is 0 Å². The topological polar surface area (TPSA) is 36.4 Å². The highest BCUT2D eigenvalue weighted by atomic mass is 32.1. The summed E-state index contributed by atoms with van der Waals surface area (Å²) in [5, 5.41) is 7.82. The molecule has 0 heterocycles. The van der Waals surface area contributed by atoms with Gasteiger partial charge < -0.3 is 5.32 Å². The van der Waals surface area contributed by atoms with Gasteiger partial charge in [0.15, 0.2) is 5.11 Å². The van der Waals surface area contributed by atoms with E-state index >= 15 is 0 Å². The summed E-state index contributed by atoms with van der Waals surface area (Å²) in [7, 11) is 0. The van der Waals surface area contributed by atoms with Crippen LogP contribution in [-0.4, -0.2) is 11.3 Å². The van der Waals surface area contributed by atoms with Gasteiger partial charge >= 0.3 is 0 Å². The molecular weight excluding hydrogens is 278 g/mol. The maximum atomic E-state index is 5.19. The highest BCUT2D eigenvalue weighted by Crippen LogP contribution is 2.11. The second kappa shape index (κ2) is 8.17. The molecule has 0 aliphatic heterocycles. The van der Waals surface area contributed by atoms with Gasteiger partial charge in [-0.25, -0.2) is 0 Å². The number of hydrogen-bond donors (Lipinski definition) is 2. The van der Waals surface area contributed by atoms with Gasteiger partial charge in [-0.2, -0.15) is 5.10 Å². The minimum absolute atomic E-state index is 0.246. The van der Waals surface area contributed by atoms with Crippen LogP contribution < -0.4 is 10.7 Å². The fraction of sp³-hybridized carbons (Fsp3) is 0.176. The summed E-state index contributed by atoms with van der Waals surface area (Å²) in [4.78, 5) is 0. The zero-order valence-corrected chi connectivity index (χ0v) is 12.8. The summed E-state index contributed by atoms with van der Waals surface area (Å²) in [5.41, 5.74) is 5.25. The number of nitrogens with zero attached hydrogens (tertiary/aromatic N) is 1. The molecule has 2 N–H and O–H groups in total. The van der Waals surface area contributed by atoms with Gasteiger partial charge in [-0.05, 0) is 23.3 Å². The first kappa shape index (κ1) is 15.2. The Morgan fingerprint density at radius 1 is 1.10 bits per heavy atom. The van der Waals surface area contributed by atoms with E-state index in [1.165, 1.54) is 11.1 Å². The summed E-state index contributed by atoms with van der Waals surface area (Å²) < 4.78 is 0. The molecule has 0 aliphatic carbocycles. The molecule has 0 spiro atoms. The Bertz CT molecular complexity index is 581. The molecule has 2 aromatic carbocycles. The summed E-state index contributed by atoms with van der Waals surface area (Å²) >= 11 is 5.19. The first-order valence-corrected chi connectivity index (χ1v) is 7.32. The predicted octanol–water partition coefficient (Wildman–Crippen LogP) is 3.44. The highest BCUT2D eigenvalue weighted by Gasteiger charge is 2.00. The molecule has 0 aliphatic rings. The summed E-state index contributed by atoms with van der Waals surface area (Å²) in [6.45, 7) is 2.79. The van der Waals surface area contributed by atoms with Gasteiger partial charge in [0.25, 0.3) is 0 Å². The molecule has 3 nitrogen and oxygen atoms in total. The van der Waals surface area contributed by atoms with E-state index in [0.717, 1.165) is 0 Å². The zero-order chi connectivity index (χ0) is 14.9. The van der Waals surface area contributed by atoms with Gasteiger partial charge in [0.05, 0.1) is 0 Å². The fourth-order valence-electron chi connectivity index (χ4n) is 1.87. The van der Waals surface area contributed by atoms with Gasteiger partial charge in [-0.1, -0.05) is 67.6 Å². The molecule has 0 fully saturated rings. The number of benzene rings is 2. The molecule has 0 saturated heterocycles. The molecule has 2 rings (SSSR count). The third-order valence-corrected chi connectivity index (χ3v) is 3.32. The second-order valence-corrected chi connectivity index (χ2v) is 5.17. The van der Waals surface area contributed by atoms with Gasteiger partial charge in [-0.15, -0.1) is 0 Å². The minimum atomic E-state index is 0.246. The van der Waals surface area contributed by atoms with Gasteiger partial charge in [0, 0.05) is 18.7 Å². The van der Waals surface area contributed by atoms with Crippen molar-refractivity contribution in [3.05, 3.63) is 71.8 Å². The fourth-order valence-corrected chi connectivity index (χ4v) is 1.99. The molecule has 4 heteroatoms. The van der Waals surface area contributed by atoms with E-state index < -0.39 is 0 Å². The smallest absolute Gasteiger partial charge is 0.187 e. The van der Waals surface area contributed by atoms with Crippen LogP contribution in [0.25, 0.3) is 0 Å². The first-order valence-electron chi connectivity index (χ1n) is 6.91. The van der Waals surface area contributed by atoms with Crippen LogP contribution in [0.2, 0.25) is 0 Å². The van der Waals surface area contributed by atoms with E-state index in [1.807, 2.05) is 42.6 Å². The lowest BCUT2D eigenvalue weighted by Crippen LogP contribution is -2.31. The number of nitrogens with one attached hydrogen (secondary N) is 2. The largest absolute Gasteiger partial charge is 0.357 e. The van der Waals surface area contributed by atoms with Crippen molar-refractivity contribution >= 4 is 23.5 Å². The Morgan fingerprint density at radius 2 is 1.71 bits per heavy atom. The summed E-state index contributed by atoms with van der Waals surface area (Å²) in [6, 6.07) is 20.3. The van der Waals surface area contributed by atoms with E-state index in [1.54, 1.807) is 0 Å². The lowest BCUT2D eigenvalue weighted by molar-refractivity contribution is 0.863. The predicted molar refractivity (Wildman–Crippen MR) is 92.4 cm³/mol. The van der Waals surface area contributed by atoms with Crippen molar-refractivity contribution in [3.63, 3.8) is 0 Å². The van der Waals surface area contributed by atoms with Crippen LogP contribution in [0, 0.1) is 0 Å². The van der Waals surface area contributed by atoms with Crippen LogP contribution in [0.3, 0.4) is 0 Å². The molecule has 108 valence electrons. The average Bonchev–Trinajstić information content (AvgIpc) is 2.54. The minimum Gasteiger partial charge on any atom is -0.357 e. The second-order valence-electron chi connectivity index (χ2n) is 4.76. The summed E-state index contributed by atoms with van der Waals surface area (Å²) in [5.74, 6) is 0.246. The Balaban J connectivity index is 1.75. The lowest BCUT2D eigenvalue weighted by Gasteiger charge is -2.08. The molecule has 0 saturated carbocycles. The van der Waals surface area contributed by atoms with E-state index in [4.69, 9.17) is 12.2 Å². The monoisotopic (exact) mass is 297 g/mol. The quantitative estimate of drug-likeness (QED) is 0.504. The van der Waals surface area contributed by atoms with Crippen molar-refractivity contribution in [1.82, 2.24) is 10.7 Å². The van der Waals surface area contributed by atoms with Crippen molar-refractivity contribution in [2.45, 2.75) is 19.4 Å². The maximum Gasteiger partial charge on any atom is 0.187 e. The Labute approximate surface area is 131 Å². The van der Waals surface area contributed by atoms with E-state index in [0.29, 0.717) is 11.7 Å². The van der Waals surface area contributed by atoms with E-state index in [-0.39, 0.29) is 5.92 Å². The van der Waals surface area contributed by atoms with Crippen LogP contribution in [-0.2, 0) is 6.54 Å². The van der Waals surface area contributed by atoms with Crippen LogP contribution >= 0.6 is 12.2 Å². The first-order chi connectivity index (χ1) is 10.3. The van der Waals surface area contributed by atoms with Gasteiger partial charge in [-0.3, -0.25) is 5.43 Å². The van der Waals surface area contributed by atoms with E-state index in [9.17, 15) is 0 Å². The molecular formula is C17H19N3S. The van der Waals surface area contributed by atoms with Crippen molar-refractivity contribution < 1.29 is 0 Å². The average molecular weight is 297 g/mol. The van der Waals surface area contributed by atoms with Gasteiger partial charge in [0.2, 0.25) is 0 Å². The van der Waals surface area contributed by atoms with Crippen LogP contribution in [0.1, 0.15) is 24.0 Å². The number of rotatable bonds is 5. The molecule has 0 amide bonds. The number of thiocarbonyl (C=S) groups is 1.